The maximum absolute atomic E-state index is 12.4. The number of hydrogen-bond donors (Lipinski definition) is 12. The second kappa shape index (κ2) is 46.0. The molecule has 0 saturated heterocycles. The van der Waals surface area contributed by atoms with E-state index in [1.54, 1.807) is 6.08 Å². The Bertz CT molecular complexity index is 5070. The van der Waals surface area contributed by atoms with E-state index < -0.39 is 70.9 Å². The van der Waals surface area contributed by atoms with Gasteiger partial charge in [-0.3, -0.25) is 67.1 Å². The summed E-state index contributed by atoms with van der Waals surface area (Å²) in [5, 5.41) is 20.5. The number of carbonyl (C=O) groups is 14. The molecule has 12 amide bonds. The van der Waals surface area contributed by atoms with Crippen LogP contribution in [0.5, 0.6) is 0 Å². The van der Waals surface area contributed by atoms with Crippen molar-refractivity contribution in [2.45, 2.75) is 283 Å². The van der Waals surface area contributed by atoms with E-state index >= 15 is 0 Å². The Balaban J connectivity index is 0.000000187. The van der Waals surface area contributed by atoms with Gasteiger partial charge in [0, 0.05) is 67.3 Å². The molecule has 34 heteroatoms. The van der Waals surface area contributed by atoms with Crippen LogP contribution in [0.3, 0.4) is 0 Å². The minimum atomic E-state index is -1.32. The number of anilines is 6. The predicted octanol–water partition coefficient (Wildman–Crippen LogP) is 16.0. The molecular formula is C92H128N12O16S6. The number of allylic oxidation sites excluding steroid dienone is 1. The predicted molar refractivity (Wildman–Crippen MR) is 503 cm³/mol. The smallest absolute Gasteiger partial charge is 0.303 e. The summed E-state index contributed by atoms with van der Waals surface area (Å²) >= 11 is 8.85. The second-order valence-electron chi connectivity index (χ2n) is 35.1. The molecule has 28 nitrogen and oxygen atoms in total. The Morgan fingerprint density at radius 3 is 0.968 bits per heavy atom. The van der Waals surface area contributed by atoms with E-state index in [-0.39, 0.29) is 41.4 Å². The summed E-state index contributed by atoms with van der Waals surface area (Å²) < 4.78 is 9.87. The Morgan fingerprint density at radius 2 is 0.698 bits per heavy atom. The van der Waals surface area contributed by atoms with Crippen molar-refractivity contribution in [2.75, 3.05) is 31.9 Å². The molecule has 13 rings (SSSR count). The lowest BCUT2D eigenvalue weighted by Gasteiger charge is -2.23. The number of carbonyl (C=O) groups excluding carboxylic acids is 14. The van der Waals surface area contributed by atoms with Gasteiger partial charge in [-0.05, 0) is 244 Å². The maximum Gasteiger partial charge on any atom is 0.303 e. The first kappa shape index (κ1) is 102. The Morgan fingerprint density at radius 1 is 0.413 bits per heavy atom. The molecule has 18 N–H and O–H groups in total. The van der Waals surface area contributed by atoms with Crippen molar-refractivity contribution < 1.29 is 76.6 Å². The normalized spacial score (nSPS) is 18.5. The van der Waals surface area contributed by atoms with Crippen LogP contribution < -0.4 is 66.3 Å². The first-order valence-electron chi connectivity index (χ1n) is 43.9. The average Bonchev–Trinajstić information content (AvgIpc) is 1.66. The highest BCUT2D eigenvalue weighted by Crippen LogP contribution is 2.47. The van der Waals surface area contributed by atoms with Gasteiger partial charge in [0.25, 0.3) is 47.3 Å². The number of esters is 2. The number of fused-ring (bicyclic) bond motifs is 6. The number of thiophene rings is 6. The minimum absolute atomic E-state index is 0.00542. The Labute approximate surface area is 763 Å². The molecule has 0 aromatic carbocycles. The van der Waals surface area contributed by atoms with Crippen LogP contribution in [-0.2, 0) is 125 Å². The summed E-state index contributed by atoms with van der Waals surface area (Å²) in [7, 11) is 0. The average molecular weight is 1850 g/mol. The maximum atomic E-state index is 12.4. The fraction of sp³-hybridized carbons (Fsp3) is 0.565. The molecule has 688 valence electrons. The first-order chi connectivity index (χ1) is 59.4. The van der Waals surface area contributed by atoms with E-state index in [9.17, 15) is 67.1 Å². The summed E-state index contributed by atoms with van der Waals surface area (Å²) in [4.78, 5) is 172. The fourth-order valence-electron chi connectivity index (χ4n) is 16.4. The lowest BCUT2D eigenvalue weighted by Crippen LogP contribution is -2.41. The van der Waals surface area contributed by atoms with Crippen molar-refractivity contribution in [2.24, 2.45) is 87.7 Å². The third-order valence-electron chi connectivity index (χ3n) is 23.7. The van der Waals surface area contributed by atoms with Crippen molar-refractivity contribution >= 4 is 181 Å². The first-order valence-corrected chi connectivity index (χ1v) is 48.8. The van der Waals surface area contributed by atoms with Gasteiger partial charge in [-0.1, -0.05) is 81.7 Å². The van der Waals surface area contributed by atoms with Crippen molar-refractivity contribution in [1.82, 2.24) is 0 Å². The molecule has 7 aliphatic carbocycles. The zero-order chi connectivity index (χ0) is 93.2. The van der Waals surface area contributed by atoms with E-state index in [0.717, 1.165) is 197 Å². The second-order valence-corrected chi connectivity index (χ2v) is 41.8. The van der Waals surface area contributed by atoms with Gasteiger partial charge < -0.3 is 75.8 Å². The van der Waals surface area contributed by atoms with Crippen LogP contribution >= 0.6 is 68.0 Å². The third-order valence-corrected chi connectivity index (χ3v) is 30.7. The van der Waals surface area contributed by atoms with Gasteiger partial charge in [0.1, 0.15) is 30.0 Å². The van der Waals surface area contributed by atoms with Crippen LogP contribution in [0.2, 0.25) is 0 Å². The molecule has 6 aromatic heterocycles. The van der Waals surface area contributed by atoms with Gasteiger partial charge in [-0.2, -0.15) is 0 Å². The van der Waals surface area contributed by atoms with Crippen molar-refractivity contribution in [3.63, 3.8) is 0 Å². The number of rotatable bonds is 26. The molecule has 7 aliphatic rings. The standard InChI is InChI=1S/C16H22N2O4S.2C16H24N2O2S.C15H20N2O4S.C15H20N2O2S.C14H18N2O2S/c1-8-5-6-10-11(7-8)23-14(12(10)13(17)20)18-15(21)16(3,4)22-9(2)19;1-4-5-10(3)15(20)18-16-13(14(17)19)11-7-6-9(2)8-12(11)21-16;1-4-10(5-2)15(20)18-16-13(14(17)19)11-7-6-9(3)8-12(11)21-16;1-7-4-5-10-11(6-7)22-15(12(10)13(16)19)17-14(20)8(2)21-9(3)18;1-3-4-5-12(18)17-15-13(14(16)19)10-7-6-9(2)8-11(10)20-15;1-7-2-5-9-10(6-7)19-14(11(9)12(15)17)16-13(18)8-3-4-8/h8H,5-7H2,1-4H3,(H2,17,20)(H,18,21);2*9-10H,4-8H2,1-3H3,(H2,17,19)(H,18,20);7-8H,4-6H2,1-3H3,(H2,16,19)(H,17,20);3,9H,1,4-8H2,2H3,(H2,16,19)(H,17,18);7-8H,2-6H2,1H3,(H2,15,17)(H,16,18). The van der Waals surface area contributed by atoms with E-state index in [2.05, 4.69) is 86.9 Å². The van der Waals surface area contributed by atoms with Gasteiger partial charge in [0.2, 0.25) is 23.6 Å². The number of primary amides is 6. The van der Waals surface area contributed by atoms with Crippen LogP contribution in [-0.4, -0.2) is 94.5 Å². The molecule has 8 unspecified atom stereocenters. The summed E-state index contributed by atoms with van der Waals surface area (Å²) in [5.74, 6) is -1.24. The quantitative estimate of drug-likeness (QED) is 0.0177. The minimum Gasteiger partial charge on any atom is -0.453 e. The molecule has 1 fully saturated rings. The number of hydrogen-bond acceptors (Lipinski definition) is 22. The summed E-state index contributed by atoms with van der Waals surface area (Å²) in [6, 6.07) is 0. The van der Waals surface area contributed by atoms with E-state index in [1.165, 1.54) is 122 Å². The van der Waals surface area contributed by atoms with Crippen LogP contribution in [0.25, 0.3) is 0 Å². The number of nitrogens with two attached hydrogens (primary N) is 6. The molecule has 0 bridgehead atoms. The van der Waals surface area contributed by atoms with Crippen molar-refractivity contribution in [3.05, 3.63) is 109 Å². The summed E-state index contributed by atoms with van der Waals surface area (Å²) in [5.41, 5.74) is 40.8. The van der Waals surface area contributed by atoms with Crippen LogP contribution in [0.15, 0.2) is 12.7 Å². The van der Waals surface area contributed by atoms with Crippen molar-refractivity contribution in [3.8, 4) is 0 Å². The molecule has 6 heterocycles. The third kappa shape index (κ3) is 27.1. The Kier molecular flexibility index (Phi) is 37.2. The highest BCUT2D eigenvalue weighted by molar-refractivity contribution is 7.19. The number of amides is 12. The van der Waals surface area contributed by atoms with E-state index in [0.29, 0.717) is 112 Å². The largest absolute Gasteiger partial charge is 0.453 e. The molecular weight excluding hydrogens is 1720 g/mol. The molecule has 0 aliphatic heterocycles. The van der Waals surface area contributed by atoms with E-state index in [4.69, 9.17) is 43.9 Å². The molecule has 8 atom stereocenters. The molecule has 1 saturated carbocycles. The van der Waals surface area contributed by atoms with Crippen molar-refractivity contribution in [1.29, 1.82) is 0 Å². The van der Waals surface area contributed by atoms with Gasteiger partial charge in [-0.25, -0.2) is 0 Å². The summed E-state index contributed by atoms with van der Waals surface area (Å²) in [6.45, 7) is 31.7. The molecule has 126 heavy (non-hydrogen) atoms. The fourth-order valence-corrected chi connectivity index (χ4v) is 24.9. The highest BCUT2D eigenvalue weighted by atomic mass is 32.1. The van der Waals surface area contributed by atoms with Gasteiger partial charge in [-0.15, -0.1) is 74.6 Å². The monoisotopic (exact) mass is 1850 g/mol. The summed E-state index contributed by atoms with van der Waals surface area (Å²) in [6.07, 6.45) is 24.2. The SMILES string of the molecule is C=CCCC(=O)Nc1sc2c(c1C(N)=O)CCC(C)C2.CC(=O)OC(C)(C)C(=O)Nc1sc2c(c1C(N)=O)CCC(C)C2.CC(=O)OC(C)C(=O)Nc1sc2c(c1C(N)=O)CCC(C)C2.CC1CCc2c(sc(NC(=O)C3CC3)c2C(N)=O)C1.CCC(CC)C(=O)Nc1sc2c(c1C(N)=O)CCC(C)C2.CCCC(C)C(=O)Nc1sc2c(c1C(N)=O)CCC(C)C2. The van der Waals surface area contributed by atoms with Crippen LogP contribution in [0, 0.1) is 53.3 Å². The number of ether oxygens (including phenoxy) is 2. The van der Waals surface area contributed by atoms with Gasteiger partial charge >= 0.3 is 11.9 Å². The lowest BCUT2D eigenvalue weighted by molar-refractivity contribution is -0.160. The topological polar surface area (TPSA) is 486 Å². The molecule has 0 radical (unpaired) electrons. The zero-order valence-corrected chi connectivity index (χ0v) is 80.3. The lowest BCUT2D eigenvalue weighted by atomic mass is 9.88. The number of nitrogens with one attached hydrogen (secondary N) is 6. The van der Waals surface area contributed by atoms with Gasteiger partial charge in [0.05, 0.1) is 33.4 Å². The molecule has 0 spiro atoms. The van der Waals surface area contributed by atoms with E-state index in [1.807, 2.05) is 20.8 Å². The van der Waals surface area contributed by atoms with Gasteiger partial charge in [0.15, 0.2) is 11.7 Å². The Hall–Kier alpha value is -9.48. The zero-order valence-electron chi connectivity index (χ0n) is 75.4. The highest BCUT2D eigenvalue weighted by Gasteiger charge is 2.38. The van der Waals surface area contributed by atoms with Crippen LogP contribution in [0.4, 0.5) is 30.0 Å². The molecule has 6 aromatic rings. The van der Waals surface area contributed by atoms with Crippen LogP contribution in [0.1, 0.15) is 319 Å².